The fourth-order valence-electron chi connectivity index (χ4n) is 2.24. The van der Waals surface area contributed by atoms with E-state index in [1.807, 2.05) is 11.4 Å². The summed E-state index contributed by atoms with van der Waals surface area (Å²) in [5.41, 5.74) is 1.11. The first kappa shape index (κ1) is 15.1. The monoisotopic (exact) mass is 358 g/mol. The van der Waals surface area contributed by atoms with Gasteiger partial charge in [0, 0.05) is 34.5 Å². The molecule has 0 bridgehead atoms. The Morgan fingerprint density at radius 1 is 1.45 bits per heavy atom. The summed E-state index contributed by atoms with van der Waals surface area (Å²) in [7, 11) is 4.69. The summed E-state index contributed by atoms with van der Waals surface area (Å²) in [5, 5.41) is 1.93. The molecule has 1 aromatic rings. The molecule has 108 valence electrons. The van der Waals surface area contributed by atoms with E-state index in [0.29, 0.717) is 11.3 Å². The van der Waals surface area contributed by atoms with Crippen LogP contribution in [0, 0.1) is 0 Å². The Labute approximate surface area is 129 Å². The molecule has 1 aromatic heterocycles. The number of ether oxygens (including phenoxy) is 1. The number of carbonyl (C=O) groups is 2. The highest BCUT2D eigenvalue weighted by molar-refractivity contribution is 9.10. The molecule has 0 fully saturated rings. The Morgan fingerprint density at radius 2 is 2.10 bits per heavy atom. The Morgan fingerprint density at radius 3 is 2.60 bits per heavy atom. The van der Waals surface area contributed by atoms with Gasteiger partial charge in [-0.15, -0.1) is 11.3 Å². The van der Waals surface area contributed by atoms with Gasteiger partial charge < -0.3 is 14.5 Å². The molecule has 1 atom stereocenters. The van der Waals surface area contributed by atoms with Crippen LogP contribution in [0.5, 0.6) is 0 Å². The third kappa shape index (κ3) is 2.35. The Hall–Kier alpha value is -1.34. The Kier molecular flexibility index (Phi) is 4.19. The van der Waals surface area contributed by atoms with E-state index in [-0.39, 0.29) is 6.03 Å². The molecule has 1 aliphatic heterocycles. The van der Waals surface area contributed by atoms with E-state index in [2.05, 4.69) is 15.9 Å². The number of thiophene rings is 1. The molecular formula is C13H15BrN2O3S. The van der Waals surface area contributed by atoms with E-state index in [4.69, 9.17) is 4.74 Å². The van der Waals surface area contributed by atoms with Gasteiger partial charge in [-0.25, -0.2) is 9.59 Å². The first-order chi connectivity index (χ1) is 9.38. The standard InChI is InChI=1S/C13H15BrN2O3S/c1-7-10(12(17)19-4)11(9-5-8(14)6-20-9)16(3)13(18)15(7)2/h5-6,11H,1-4H3/t11-/m0/s1. The van der Waals surface area contributed by atoms with Crippen molar-refractivity contribution in [1.82, 2.24) is 9.80 Å². The van der Waals surface area contributed by atoms with Gasteiger partial charge in [0.15, 0.2) is 0 Å². The van der Waals surface area contributed by atoms with Crippen LogP contribution in [-0.4, -0.2) is 43.0 Å². The van der Waals surface area contributed by atoms with E-state index in [1.165, 1.54) is 23.3 Å². The van der Waals surface area contributed by atoms with Crippen molar-refractivity contribution >= 4 is 39.3 Å². The van der Waals surface area contributed by atoms with Crippen molar-refractivity contribution in [2.45, 2.75) is 13.0 Å². The molecule has 0 saturated carbocycles. The zero-order valence-electron chi connectivity index (χ0n) is 11.6. The summed E-state index contributed by atoms with van der Waals surface area (Å²) in [5.74, 6) is -0.414. The van der Waals surface area contributed by atoms with Crippen molar-refractivity contribution in [1.29, 1.82) is 0 Å². The minimum Gasteiger partial charge on any atom is -0.466 e. The number of likely N-dealkylation sites (N-methyl/N-ethyl adjacent to an activating group) is 1. The number of carbonyl (C=O) groups excluding carboxylic acids is 2. The molecule has 7 heteroatoms. The lowest BCUT2D eigenvalue weighted by Crippen LogP contribution is -2.47. The Balaban J connectivity index is 2.60. The summed E-state index contributed by atoms with van der Waals surface area (Å²) in [6.07, 6.45) is 0. The van der Waals surface area contributed by atoms with E-state index >= 15 is 0 Å². The molecular weight excluding hydrogens is 344 g/mol. The zero-order valence-corrected chi connectivity index (χ0v) is 14.0. The average Bonchev–Trinajstić information content (AvgIpc) is 2.85. The van der Waals surface area contributed by atoms with Crippen molar-refractivity contribution in [2.24, 2.45) is 0 Å². The van der Waals surface area contributed by atoms with Gasteiger partial charge in [0.1, 0.15) is 6.04 Å². The van der Waals surface area contributed by atoms with Gasteiger partial charge in [0.05, 0.1) is 12.7 Å². The van der Waals surface area contributed by atoms with Crippen molar-refractivity contribution in [3.05, 3.63) is 32.1 Å². The third-order valence-corrected chi connectivity index (χ3v) is 5.15. The number of urea groups is 1. The lowest BCUT2D eigenvalue weighted by Gasteiger charge is -2.38. The van der Waals surface area contributed by atoms with Gasteiger partial charge in [0.2, 0.25) is 0 Å². The molecule has 0 spiro atoms. The molecule has 0 N–H and O–H groups in total. The fourth-order valence-corrected chi connectivity index (χ4v) is 3.83. The largest absolute Gasteiger partial charge is 0.466 e. The average molecular weight is 359 g/mol. The third-order valence-electron chi connectivity index (χ3n) is 3.40. The second-order valence-corrected chi connectivity index (χ2v) is 6.37. The minimum atomic E-state index is -0.414. The summed E-state index contributed by atoms with van der Waals surface area (Å²) in [6, 6.07) is 1.35. The number of allylic oxidation sites excluding steroid dienone is 1. The van der Waals surface area contributed by atoms with Crippen molar-refractivity contribution in [3.8, 4) is 0 Å². The van der Waals surface area contributed by atoms with E-state index in [9.17, 15) is 9.59 Å². The summed E-state index contributed by atoms with van der Waals surface area (Å²) < 4.78 is 5.81. The number of amides is 2. The number of methoxy groups -OCH3 is 1. The van der Waals surface area contributed by atoms with Gasteiger partial charge >= 0.3 is 12.0 Å². The first-order valence-corrected chi connectivity index (χ1v) is 7.59. The second-order valence-electron chi connectivity index (χ2n) is 4.51. The van der Waals surface area contributed by atoms with E-state index in [0.717, 1.165) is 9.35 Å². The van der Waals surface area contributed by atoms with Gasteiger partial charge in [-0.05, 0) is 28.9 Å². The normalized spacial score (nSPS) is 19.6. The van der Waals surface area contributed by atoms with Crippen molar-refractivity contribution in [2.75, 3.05) is 21.2 Å². The highest BCUT2D eigenvalue weighted by Gasteiger charge is 2.39. The zero-order chi connectivity index (χ0) is 15.0. The molecule has 2 rings (SSSR count). The van der Waals surface area contributed by atoms with Gasteiger partial charge in [0.25, 0.3) is 0 Å². The summed E-state index contributed by atoms with van der Waals surface area (Å²) in [6.45, 7) is 1.76. The quantitative estimate of drug-likeness (QED) is 0.763. The number of rotatable bonds is 2. The predicted octanol–water partition coefficient (Wildman–Crippen LogP) is 3.00. The fraction of sp³-hybridized carbons (Fsp3) is 0.385. The lowest BCUT2D eigenvalue weighted by molar-refractivity contribution is -0.137. The van der Waals surface area contributed by atoms with Gasteiger partial charge in [-0.3, -0.25) is 0 Å². The van der Waals surface area contributed by atoms with E-state index < -0.39 is 12.0 Å². The smallest absolute Gasteiger partial charge is 0.338 e. The molecule has 0 saturated heterocycles. The lowest BCUT2D eigenvalue weighted by atomic mass is 9.99. The molecule has 2 amide bonds. The molecule has 0 radical (unpaired) electrons. The Bertz CT molecular complexity index is 596. The van der Waals surface area contributed by atoms with Crippen LogP contribution in [0.15, 0.2) is 27.2 Å². The SMILES string of the molecule is COC(=O)C1=C(C)N(C)C(=O)N(C)[C@H]1c1cc(Br)cs1. The van der Waals surface area contributed by atoms with Crippen LogP contribution in [0.4, 0.5) is 4.79 Å². The number of hydrogen-bond donors (Lipinski definition) is 0. The first-order valence-electron chi connectivity index (χ1n) is 5.92. The predicted molar refractivity (Wildman–Crippen MR) is 80.4 cm³/mol. The molecule has 0 aliphatic carbocycles. The molecule has 0 aromatic carbocycles. The number of nitrogens with zero attached hydrogens (tertiary/aromatic N) is 2. The maximum absolute atomic E-state index is 12.2. The molecule has 5 nitrogen and oxygen atoms in total. The van der Waals surface area contributed by atoms with Gasteiger partial charge in [-0.1, -0.05) is 0 Å². The van der Waals surface area contributed by atoms with Crippen LogP contribution >= 0.6 is 27.3 Å². The summed E-state index contributed by atoms with van der Waals surface area (Å²) >= 11 is 4.89. The molecule has 1 aliphatic rings. The van der Waals surface area contributed by atoms with Crippen LogP contribution in [0.25, 0.3) is 0 Å². The highest BCUT2D eigenvalue weighted by atomic mass is 79.9. The van der Waals surface area contributed by atoms with Crippen LogP contribution in [0.2, 0.25) is 0 Å². The maximum atomic E-state index is 12.2. The van der Waals surface area contributed by atoms with Gasteiger partial charge in [-0.2, -0.15) is 0 Å². The molecule has 0 unspecified atom stereocenters. The number of halogens is 1. The van der Waals surface area contributed by atoms with Crippen molar-refractivity contribution < 1.29 is 14.3 Å². The maximum Gasteiger partial charge on any atom is 0.338 e. The van der Waals surface area contributed by atoms with Crippen LogP contribution in [-0.2, 0) is 9.53 Å². The van der Waals surface area contributed by atoms with E-state index in [1.54, 1.807) is 25.9 Å². The molecule has 20 heavy (non-hydrogen) atoms. The molecule has 2 heterocycles. The van der Waals surface area contributed by atoms with Crippen LogP contribution < -0.4 is 0 Å². The number of esters is 1. The van der Waals surface area contributed by atoms with Crippen molar-refractivity contribution in [3.63, 3.8) is 0 Å². The number of hydrogen-bond acceptors (Lipinski definition) is 4. The minimum absolute atomic E-state index is 0.148. The van der Waals surface area contributed by atoms with Crippen LogP contribution in [0.3, 0.4) is 0 Å². The summed E-state index contributed by atoms with van der Waals surface area (Å²) in [4.78, 5) is 28.3. The topological polar surface area (TPSA) is 49.9 Å². The van der Waals surface area contributed by atoms with Crippen LogP contribution in [0.1, 0.15) is 17.8 Å². The highest BCUT2D eigenvalue weighted by Crippen LogP contribution is 2.39. The second kappa shape index (κ2) is 5.57.